The lowest BCUT2D eigenvalue weighted by Crippen LogP contribution is -2.21. The molecule has 0 bridgehead atoms. The smallest absolute Gasteiger partial charge is 0.375 e. The van der Waals surface area contributed by atoms with Crippen LogP contribution < -0.4 is 5.32 Å². The number of amides is 1. The maximum atomic E-state index is 12.1. The van der Waals surface area contributed by atoms with Crippen molar-refractivity contribution in [3.8, 4) is 0 Å². The number of esters is 1. The summed E-state index contributed by atoms with van der Waals surface area (Å²) in [6.07, 6.45) is 1.34. The molecule has 0 unspecified atom stereocenters. The summed E-state index contributed by atoms with van der Waals surface area (Å²) < 4.78 is 10.5. The highest BCUT2D eigenvalue weighted by molar-refractivity contribution is 6.36. The SMILES string of the molecule is Cc1c(C(=O)OCC(=O)Nc2ncc(Cl)cc2Cl)oc2ccccc12. The number of nitrogens with one attached hydrogen (secondary N) is 1. The quantitative estimate of drug-likeness (QED) is 0.686. The fourth-order valence-corrected chi connectivity index (χ4v) is 2.67. The number of anilines is 1. The van der Waals surface area contributed by atoms with Crippen molar-refractivity contribution in [3.63, 3.8) is 0 Å². The van der Waals surface area contributed by atoms with E-state index in [-0.39, 0.29) is 16.6 Å². The highest BCUT2D eigenvalue weighted by Crippen LogP contribution is 2.25. The van der Waals surface area contributed by atoms with Crippen LogP contribution in [0, 0.1) is 6.92 Å². The lowest BCUT2D eigenvalue weighted by atomic mass is 10.1. The topological polar surface area (TPSA) is 81.4 Å². The first-order valence-corrected chi connectivity index (χ1v) is 7.97. The van der Waals surface area contributed by atoms with E-state index in [4.69, 9.17) is 32.4 Å². The molecule has 1 amide bonds. The Morgan fingerprint density at radius 2 is 2.04 bits per heavy atom. The van der Waals surface area contributed by atoms with Gasteiger partial charge in [0, 0.05) is 17.1 Å². The van der Waals surface area contributed by atoms with Crippen LogP contribution in [0.5, 0.6) is 0 Å². The molecule has 1 N–H and O–H groups in total. The molecule has 0 saturated heterocycles. The standard InChI is InChI=1S/C17H12Cl2N2O4/c1-9-11-4-2-3-5-13(11)25-15(9)17(23)24-8-14(22)21-16-12(19)6-10(18)7-20-16/h2-7H,8H2,1H3,(H,20,21,22). The zero-order valence-corrected chi connectivity index (χ0v) is 14.5. The number of carbonyl (C=O) groups is 2. The molecule has 0 fully saturated rings. The first kappa shape index (κ1) is 17.3. The Morgan fingerprint density at radius 3 is 2.76 bits per heavy atom. The number of rotatable bonds is 4. The number of hydrogen-bond acceptors (Lipinski definition) is 5. The Labute approximate surface area is 152 Å². The number of fused-ring (bicyclic) bond motifs is 1. The zero-order chi connectivity index (χ0) is 18.0. The Balaban J connectivity index is 1.65. The van der Waals surface area contributed by atoms with Crippen LogP contribution in [0.25, 0.3) is 11.0 Å². The third-order valence-corrected chi connectivity index (χ3v) is 3.92. The number of furan rings is 1. The van der Waals surface area contributed by atoms with Gasteiger partial charge in [0.25, 0.3) is 5.91 Å². The predicted molar refractivity (Wildman–Crippen MR) is 94.1 cm³/mol. The van der Waals surface area contributed by atoms with Crippen molar-refractivity contribution in [2.45, 2.75) is 6.92 Å². The summed E-state index contributed by atoms with van der Waals surface area (Å²) in [5.41, 5.74) is 1.23. The molecule has 0 saturated carbocycles. The zero-order valence-electron chi connectivity index (χ0n) is 13.0. The van der Waals surface area contributed by atoms with Gasteiger partial charge in [-0.05, 0) is 19.1 Å². The molecule has 8 heteroatoms. The summed E-state index contributed by atoms with van der Waals surface area (Å²) in [5.74, 6) is -1.11. The van der Waals surface area contributed by atoms with Crippen LogP contribution in [0.2, 0.25) is 10.0 Å². The Morgan fingerprint density at radius 1 is 1.28 bits per heavy atom. The maximum Gasteiger partial charge on any atom is 0.375 e. The van der Waals surface area contributed by atoms with Crippen LogP contribution in [0.1, 0.15) is 16.1 Å². The van der Waals surface area contributed by atoms with Crippen LogP contribution in [0.4, 0.5) is 5.82 Å². The van der Waals surface area contributed by atoms with Gasteiger partial charge >= 0.3 is 5.97 Å². The molecule has 0 spiro atoms. The number of pyridine rings is 1. The van der Waals surface area contributed by atoms with Gasteiger partial charge in [-0.15, -0.1) is 0 Å². The van der Waals surface area contributed by atoms with Crippen LogP contribution >= 0.6 is 23.2 Å². The summed E-state index contributed by atoms with van der Waals surface area (Å²) in [4.78, 5) is 27.9. The maximum absolute atomic E-state index is 12.1. The first-order chi connectivity index (χ1) is 12.0. The minimum Gasteiger partial charge on any atom is -0.450 e. The molecule has 3 aromatic rings. The average Bonchev–Trinajstić information content (AvgIpc) is 2.93. The van der Waals surface area contributed by atoms with Crippen LogP contribution in [-0.4, -0.2) is 23.5 Å². The highest BCUT2D eigenvalue weighted by Gasteiger charge is 2.20. The van der Waals surface area contributed by atoms with E-state index in [0.29, 0.717) is 16.2 Å². The van der Waals surface area contributed by atoms with Crippen molar-refractivity contribution in [1.82, 2.24) is 4.98 Å². The van der Waals surface area contributed by atoms with Crippen molar-refractivity contribution < 1.29 is 18.7 Å². The molecule has 25 heavy (non-hydrogen) atoms. The molecule has 2 heterocycles. The van der Waals surface area contributed by atoms with Gasteiger partial charge in [-0.3, -0.25) is 4.79 Å². The number of nitrogens with zero attached hydrogens (tertiary/aromatic N) is 1. The van der Waals surface area contributed by atoms with Gasteiger partial charge in [-0.1, -0.05) is 41.4 Å². The molecule has 0 atom stereocenters. The fourth-order valence-electron chi connectivity index (χ4n) is 2.24. The van der Waals surface area contributed by atoms with Gasteiger partial charge in [0.05, 0.1) is 10.0 Å². The Hall–Kier alpha value is -2.57. The summed E-state index contributed by atoms with van der Waals surface area (Å²) in [7, 11) is 0. The van der Waals surface area contributed by atoms with Crippen molar-refractivity contribution in [3.05, 3.63) is 57.9 Å². The molecular formula is C17H12Cl2N2O4. The average molecular weight is 379 g/mol. The second kappa shape index (κ2) is 7.13. The third kappa shape index (κ3) is 3.75. The van der Waals surface area contributed by atoms with Crippen molar-refractivity contribution >= 4 is 51.9 Å². The Bertz CT molecular complexity index is 968. The van der Waals surface area contributed by atoms with E-state index in [0.717, 1.165) is 5.39 Å². The molecule has 3 rings (SSSR count). The van der Waals surface area contributed by atoms with Crippen molar-refractivity contribution in [2.75, 3.05) is 11.9 Å². The summed E-state index contributed by atoms with van der Waals surface area (Å²) >= 11 is 11.6. The van der Waals surface area contributed by atoms with Gasteiger partial charge in [-0.2, -0.15) is 0 Å². The molecule has 0 aliphatic heterocycles. The number of aryl methyl sites for hydroxylation is 1. The lowest BCUT2D eigenvalue weighted by molar-refractivity contribution is -0.119. The van der Waals surface area contributed by atoms with Crippen molar-refractivity contribution in [2.24, 2.45) is 0 Å². The summed E-state index contributed by atoms with van der Waals surface area (Å²) in [6.45, 7) is 1.25. The molecule has 0 aliphatic rings. The monoisotopic (exact) mass is 378 g/mol. The molecule has 6 nitrogen and oxygen atoms in total. The molecule has 2 aromatic heterocycles. The van der Waals surface area contributed by atoms with Gasteiger partial charge in [0.2, 0.25) is 5.76 Å². The molecular weight excluding hydrogens is 367 g/mol. The number of benzene rings is 1. The van der Waals surface area contributed by atoms with E-state index in [9.17, 15) is 9.59 Å². The van der Waals surface area contributed by atoms with E-state index in [1.165, 1.54) is 12.3 Å². The largest absolute Gasteiger partial charge is 0.450 e. The van der Waals surface area contributed by atoms with Crippen LogP contribution in [0.15, 0.2) is 40.9 Å². The number of aromatic nitrogens is 1. The lowest BCUT2D eigenvalue weighted by Gasteiger charge is -2.07. The minimum atomic E-state index is -0.723. The van der Waals surface area contributed by atoms with Gasteiger partial charge in [-0.25, -0.2) is 9.78 Å². The number of hydrogen-bond donors (Lipinski definition) is 1. The minimum absolute atomic E-state index is 0.0663. The number of carbonyl (C=O) groups excluding carboxylic acids is 2. The Kier molecular flexibility index (Phi) is 4.92. The molecule has 128 valence electrons. The number of halogens is 2. The van der Waals surface area contributed by atoms with Crippen LogP contribution in [-0.2, 0) is 9.53 Å². The van der Waals surface area contributed by atoms with Gasteiger partial charge < -0.3 is 14.5 Å². The molecule has 0 aliphatic carbocycles. The van der Waals surface area contributed by atoms with Crippen LogP contribution in [0.3, 0.4) is 0 Å². The van der Waals surface area contributed by atoms with Gasteiger partial charge in [0.15, 0.2) is 12.4 Å². The fraction of sp³-hybridized carbons (Fsp3) is 0.118. The molecule has 0 radical (unpaired) electrons. The second-order valence-electron chi connectivity index (χ2n) is 5.16. The number of ether oxygens (including phenoxy) is 1. The van der Waals surface area contributed by atoms with E-state index in [1.54, 1.807) is 19.1 Å². The summed E-state index contributed by atoms with van der Waals surface area (Å²) in [6, 6.07) is 8.67. The number of para-hydroxylation sites is 1. The first-order valence-electron chi connectivity index (χ1n) is 7.22. The van der Waals surface area contributed by atoms with E-state index >= 15 is 0 Å². The third-order valence-electron chi connectivity index (χ3n) is 3.43. The van der Waals surface area contributed by atoms with Gasteiger partial charge in [0.1, 0.15) is 5.58 Å². The van der Waals surface area contributed by atoms with E-state index in [1.807, 2.05) is 12.1 Å². The normalized spacial score (nSPS) is 10.7. The predicted octanol–water partition coefficient (Wildman–Crippen LogP) is 4.24. The molecule has 1 aromatic carbocycles. The van der Waals surface area contributed by atoms with E-state index < -0.39 is 18.5 Å². The second-order valence-corrected chi connectivity index (χ2v) is 6.00. The van der Waals surface area contributed by atoms with Crippen molar-refractivity contribution in [1.29, 1.82) is 0 Å². The van der Waals surface area contributed by atoms with E-state index in [2.05, 4.69) is 10.3 Å². The summed E-state index contributed by atoms with van der Waals surface area (Å²) in [5, 5.41) is 3.78. The highest BCUT2D eigenvalue weighted by atomic mass is 35.5.